The average Bonchev–Trinajstić information content (AvgIpc) is 2.94. The predicted molar refractivity (Wildman–Crippen MR) is 68.6 cm³/mol. The standard InChI is InChI=1S/C6H10N2O.C6H8N2O.Mn.2O/c2*1-5-6(3-9)8(2)4-7-5;;;/h4,9H,3H2,1-2H3;3-4H,1-2H3;;;. The Labute approximate surface area is 128 Å². The molecule has 0 bridgehead atoms. The second kappa shape index (κ2) is 9.98. The van der Waals surface area contributed by atoms with Crippen molar-refractivity contribution < 1.29 is 32.4 Å². The summed E-state index contributed by atoms with van der Waals surface area (Å²) >= 11 is -1.44. The van der Waals surface area contributed by atoms with E-state index in [9.17, 15) is 4.79 Å². The minimum absolute atomic E-state index is 0.0718. The Kier molecular flexibility index (Phi) is 9.11. The third kappa shape index (κ3) is 5.99. The van der Waals surface area contributed by atoms with Crippen molar-refractivity contribution in [2.75, 3.05) is 0 Å². The van der Waals surface area contributed by atoms with Crippen molar-refractivity contribution in [1.82, 2.24) is 19.1 Å². The molecule has 21 heavy (non-hydrogen) atoms. The van der Waals surface area contributed by atoms with Gasteiger partial charge in [0.25, 0.3) is 0 Å². The number of hydrogen-bond donors (Lipinski definition) is 1. The number of aliphatic hydroxyl groups excluding tert-OH is 1. The molecular formula is C12H18MnN4O4. The Hall–Kier alpha value is -1.83. The molecule has 0 amide bonds. The van der Waals surface area contributed by atoms with Gasteiger partial charge in [-0.15, -0.1) is 0 Å². The number of carbonyl (C=O) groups is 1. The van der Waals surface area contributed by atoms with E-state index in [0.29, 0.717) is 5.69 Å². The van der Waals surface area contributed by atoms with E-state index in [1.807, 2.05) is 25.5 Å². The number of hydrogen-bond acceptors (Lipinski definition) is 6. The summed E-state index contributed by atoms with van der Waals surface area (Å²) in [7, 11) is 3.66. The van der Waals surface area contributed by atoms with Gasteiger partial charge in [0.1, 0.15) is 5.69 Å². The molecule has 1 N–H and O–H groups in total. The van der Waals surface area contributed by atoms with Gasteiger partial charge < -0.3 is 14.2 Å². The van der Waals surface area contributed by atoms with E-state index < -0.39 is 14.8 Å². The van der Waals surface area contributed by atoms with Crippen LogP contribution in [0.3, 0.4) is 0 Å². The Balaban J connectivity index is 0.000000322. The molecule has 0 spiro atoms. The second-order valence-corrected chi connectivity index (χ2v) is 4.25. The summed E-state index contributed by atoms with van der Waals surface area (Å²) in [6, 6.07) is 0. The van der Waals surface area contributed by atoms with Gasteiger partial charge in [-0.1, -0.05) is 0 Å². The van der Waals surface area contributed by atoms with E-state index in [1.165, 1.54) is 0 Å². The van der Waals surface area contributed by atoms with Crippen LogP contribution in [0.4, 0.5) is 0 Å². The third-order valence-corrected chi connectivity index (χ3v) is 2.70. The van der Waals surface area contributed by atoms with Crippen LogP contribution >= 0.6 is 0 Å². The molecule has 0 aliphatic rings. The van der Waals surface area contributed by atoms with Crippen LogP contribution in [0.5, 0.6) is 0 Å². The minimum atomic E-state index is -1.44. The van der Waals surface area contributed by atoms with Crippen molar-refractivity contribution in [2.24, 2.45) is 14.1 Å². The summed E-state index contributed by atoms with van der Waals surface area (Å²) in [6.07, 6.45) is 4.13. The van der Waals surface area contributed by atoms with Gasteiger partial charge in [-0.2, -0.15) is 0 Å². The number of aliphatic hydroxyl groups is 1. The van der Waals surface area contributed by atoms with Gasteiger partial charge in [0.15, 0.2) is 6.29 Å². The molecule has 0 aliphatic carbocycles. The summed E-state index contributed by atoms with van der Waals surface area (Å²) in [5.41, 5.74) is 3.22. The van der Waals surface area contributed by atoms with E-state index in [0.717, 1.165) is 23.4 Å². The van der Waals surface area contributed by atoms with E-state index in [1.54, 1.807) is 24.3 Å². The van der Waals surface area contributed by atoms with E-state index in [2.05, 4.69) is 9.97 Å². The monoisotopic (exact) mass is 337 g/mol. The maximum atomic E-state index is 10.2. The Morgan fingerprint density at radius 2 is 1.62 bits per heavy atom. The molecule has 0 aromatic carbocycles. The van der Waals surface area contributed by atoms with Crippen molar-refractivity contribution in [3.05, 3.63) is 35.4 Å². The molecule has 117 valence electrons. The fraction of sp³-hybridized carbons (Fsp3) is 0.417. The fourth-order valence-electron chi connectivity index (χ4n) is 1.52. The third-order valence-electron chi connectivity index (χ3n) is 2.70. The molecular weight excluding hydrogens is 319 g/mol. The SMILES string of the molecule is Cc1ncn(C)c1C=O.Cc1ncn(C)c1CO.[O]=[Mn]=[O]. The number of aromatic nitrogens is 4. The summed E-state index contributed by atoms with van der Waals surface area (Å²) in [5.74, 6) is 0. The molecule has 0 aliphatic heterocycles. The van der Waals surface area contributed by atoms with Crippen LogP contribution in [0, 0.1) is 13.8 Å². The van der Waals surface area contributed by atoms with Crippen molar-refractivity contribution in [2.45, 2.75) is 20.5 Å². The first-order valence-electron chi connectivity index (χ1n) is 5.82. The van der Waals surface area contributed by atoms with Crippen LogP contribution < -0.4 is 0 Å². The van der Waals surface area contributed by atoms with Gasteiger partial charge in [-0.25, -0.2) is 9.97 Å². The van der Waals surface area contributed by atoms with Crippen molar-refractivity contribution in [3.63, 3.8) is 0 Å². The normalized spacial score (nSPS) is 9.00. The maximum absolute atomic E-state index is 10.2. The van der Waals surface area contributed by atoms with Gasteiger partial charge in [0, 0.05) is 14.1 Å². The molecule has 2 aromatic rings. The molecule has 0 radical (unpaired) electrons. The van der Waals surface area contributed by atoms with Gasteiger partial charge in [-0.3, -0.25) is 4.79 Å². The van der Waals surface area contributed by atoms with Crippen LogP contribution in [-0.4, -0.2) is 30.5 Å². The second-order valence-electron chi connectivity index (χ2n) is 4.05. The number of imidazole rings is 2. The molecule has 0 atom stereocenters. The first kappa shape index (κ1) is 19.2. The average molecular weight is 337 g/mol. The zero-order valence-corrected chi connectivity index (χ0v) is 13.5. The van der Waals surface area contributed by atoms with Crippen LogP contribution in [-0.2, 0) is 43.2 Å². The van der Waals surface area contributed by atoms with Crippen molar-refractivity contribution in [3.8, 4) is 0 Å². The van der Waals surface area contributed by atoms with E-state index in [-0.39, 0.29) is 6.61 Å². The molecule has 0 saturated carbocycles. The van der Waals surface area contributed by atoms with Crippen LogP contribution in [0.15, 0.2) is 12.7 Å². The van der Waals surface area contributed by atoms with Crippen LogP contribution in [0.1, 0.15) is 27.6 Å². The van der Waals surface area contributed by atoms with Gasteiger partial charge in [0.2, 0.25) is 0 Å². The molecule has 2 rings (SSSR count). The first-order chi connectivity index (χ1) is 9.92. The molecule has 2 aromatic heterocycles. The molecule has 8 nitrogen and oxygen atoms in total. The van der Waals surface area contributed by atoms with Crippen LogP contribution in [0.2, 0.25) is 0 Å². The van der Waals surface area contributed by atoms with E-state index >= 15 is 0 Å². The predicted octanol–water partition coefficient (Wildman–Crippen LogP) is 0.522. The van der Waals surface area contributed by atoms with E-state index in [4.69, 9.17) is 12.8 Å². The van der Waals surface area contributed by atoms with Gasteiger partial charge >= 0.3 is 22.5 Å². The van der Waals surface area contributed by atoms with Gasteiger partial charge in [0.05, 0.1) is 36.3 Å². The van der Waals surface area contributed by atoms with Gasteiger partial charge in [-0.05, 0) is 13.8 Å². The summed E-state index contributed by atoms with van der Waals surface area (Å²) in [4.78, 5) is 18.2. The molecule has 2 heterocycles. The number of carbonyl (C=O) groups excluding carboxylic acids is 1. The zero-order chi connectivity index (χ0) is 16.4. The summed E-state index contributed by atoms with van der Waals surface area (Å²) < 4.78 is 20.3. The number of aldehydes is 1. The molecule has 9 heteroatoms. The molecule has 0 unspecified atom stereocenters. The van der Waals surface area contributed by atoms with Crippen molar-refractivity contribution >= 4 is 6.29 Å². The Bertz CT molecular complexity index is 576. The fourth-order valence-corrected chi connectivity index (χ4v) is 1.52. The number of nitrogens with zero attached hydrogens (tertiary/aromatic N) is 4. The summed E-state index contributed by atoms with van der Waals surface area (Å²) in [6.45, 7) is 3.76. The van der Waals surface area contributed by atoms with Crippen LogP contribution in [0.25, 0.3) is 0 Å². The number of aryl methyl sites for hydroxylation is 4. The Morgan fingerprint density at radius 1 is 1.14 bits per heavy atom. The Morgan fingerprint density at radius 3 is 1.81 bits per heavy atom. The topological polar surface area (TPSA) is 107 Å². The molecule has 0 fully saturated rings. The van der Waals surface area contributed by atoms with Crippen molar-refractivity contribution in [1.29, 1.82) is 0 Å². The first-order valence-corrected chi connectivity index (χ1v) is 6.79. The summed E-state index contributed by atoms with van der Waals surface area (Å²) in [5, 5.41) is 8.73. The number of rotatable bonds is 2. The quantitative estimate of drug-likeness (QED) is 0.632. The zero-order valence-electron chi connectivity index (χ0n) is 12.3. The molecule has 0 saturated heterocycles.